The second-order valence-electron chi connectivity index (χ2n) is 3.94. The van der Waals surface area contributed by atoms with E-state index in [1.165, 1.54) is 16.6 Å². The predicted molar refractivity (Wildman–Crippen MR) is 62.8 cm³/mol. The average molecular weight is 257 g/mol. The van der Waals surface area contributed by atoms with E-state index in [1.807, 2.05) is 6.92 Å². The van der Waals surface area contributed by atoms with E-state index in [0.717, 1.165) is 0 Å². The van der Waals surface area contributed by atoms with Gasteiger partial charge in [0.2, 0.25) is 0 Å². The SMILES string of the molecule is CC1CN(S(=O)(=O)c2ncccc2N)CCO1. The van der Waals surface area contributed by atoms with Gasteiger partial charge in [0, 0.05) is 19.3 Å². The van der Waals surface area contributed by atoms with Gasteiger partial charge in [-0.2, -0.15) is 4.31 Å². The Morgan fingerprint density at radius 3 is 3.00 bits per heavy atom. The summed E-state index contributed by atoms with van der Waals surface area (Å²) in [7, 11) is -3.61. The molecular formula is C10H15N3O3S. The van der Waals surface area contributed by atoms with Crippen molar-refractivity contribution >= 4 is 15.7 Å². The summed E-state index contributed by atoms with van der Waals surface area (Å²) in [6.45, 7) is 2.90. The molecule has 1 aliphatic rings. The molecule has 0 spiro atoms. The number of ether oxygens (including phenoxy) is 1. The van der Waals surface area contributed by atoms with Crippen LogP contribution in [0.25, 0.3) is 0 Å². The van der Waals surface area contributed by atoms with Gasteiger partial charge in [0.15, 0.2) is 5.03 Å². The van der Waals surface area contributed by atoms with Crippen LogP contribution >= 0.6 is 0 Å². The lowest BCUT2D eigenvalue weighted by molar-refractivity contribution is 0.0101. The van der Waals surface area contributed by atoms with Crippen molar-refractivity contribution in [3.8, 4) is 0 Å². The molecule has 0 amide bonds. The molecule has 1 aromatic rings. The number of nitrogens with zero attached hydrogens (tertiary/aromatic N) is 2. The molecule has 2 rings (SSSR count). The van der Waals surface area contributed by atoms with Gasteiger partial charge in [0.1, 0.15) is 0 Å². The molecule has 94 valence electrons. The van der Waals surface area contributed by atoms with Crippen LogP contribution in [0.3, 0.4) is 0 Å². The minimum Gasteiger partial charge on any atom is -0.396 e. The highest BCUT2D eigenvalue weighted by atomic mass is 32.2. The van der Waals surface area contributed by atoms with Crippen LogP contribution in [-0.4, -0.2) is 43.5 Å². The molecule has 6 nitrogen and oxygen atoms in total. The predicted octanol–water partition coefficient (Wildman–Crippen LogP) is 0.0732. The second kappa shape index (κ2) is 4.59. The molecule has 0 bridgehead atoms. The number of rotatable bonds is 2. The smallest absolute Gasteiger partial charge is 0.262 e. The average Bonchev–Trinajstić information content (AvgIpc) is 2.29. The maximum absolute atomic E-state index is 12.3. The number of hydrogen-bond acceptors (Lipinski definition) is 5. The molecule has 0 aliphatic carbocycles. The number of nitrogen functional groups attached to an aromatic ring is 1. The molecule has 1 unspecified atom stereocenters. The Balaban J connectivity index is 2.33. The van der Waals surface area contributed by atoms with Crippen molar-refractivity contribution in [3.63, 3.8) is 0 Å². The molecule has 1 atom stereocenters. The van der Waals surface area contributed by atoms with Gasteiger partial charge in [-0.05, 0) is 19.1 Å². The third kappa shape index (κ3) is 2.41. The van der Waals surface area contributed by atoms with Gasteiger partial charge < -0.3 is 10.5 Å². The standard InChI is InChI=1S/C10H15N3O3S/c1-8-7-13(5-6-16-8)17(14,15)10-9(11)3-2-4-12-10/h2-4,8H,5-7,11H2,1H3. The molecule has 1 fully saturated rings. The molecule has 1 aliphatic heterocycles. The molecule has 2 heterocycles. The van der Waals surface area contributed by atoms with Gasteiger partial charge in [-0.3, -0.25) is 0 Å². The van der Waals surface area contributed by atoms with Crippen LogP contribution < -0.4 is 5.73 Å². The number of anilines is 1. The van der Waals surface area contributed by atoms with E-state index in [-0.39, 0.29) is 16.8 Å². The molecule has 0 saturated carbocycles. The molecule has 1 aromatic heterocycles. The molecular weight excluding hydrogens is 242 g/mol. The van der Waals surface area contributed by atoms with Crippen LogP contribution in [0.2, 0.25) is 0 Å². The van der Waals surface area contributed by atoms with Crippen LogP contribution in [0.5, 0.6) is 0 Å². The number of nitrogens with two attached hydrogens (primary N) is 1. The van der Waals surface area contributed by atoms with Crippen molar-refractivity contribution in [2.45, 2.75) is 18.1 Å². The number of hydrogen-bond donors (Lipinski definition) is 1. The van der Waals surface area contributed by atoms with E-state index >= 15 is 0 Å². The summed E-state index contributed by atoms with van der Waals surface area (Å²) < 4.78 is 31.2. The van der Waals surface area contributed by atoms with E-state index in [1.54, 1.807) is 6.07 Å². The maximum atomic E-state index is 12.3. The monoisotopic (exact) mass is 257 g/mol. The quantitative estimate of drug-likeness (QED) is 0.810. The maximum Gasteiger partial charge on any atom is 0.262 e. The van der Waals surface area contributed by atoms with E-state index in [0.29, 0.717) is 19.7 Å². The van der Waals surface area contributed by atoms with Crippen LogP contribution in [-0.2, 0) is 14.8 Å². The van der Waals surface area contributed by atoms with Crippen LogP contribution in [0, 0.1) is 0 Å². The first-order valence-electron chi connectivity index (χ1n) is 5.34. The van der Waals surface area contributed by atoms with Gasteiger partial charge in [-0.25, -0.2) is 13.4 Å². The minimum atomic E-state index is -3.61. The molecule has 2 N–H and O–H groups in total. The fourth-order valence-electron chi connectivity index (χ4n) is 1.75. The summed E-state index contributed by atoms with van der Waals surface area (Å²) in [5.41, 5.74) is 5.82. The topological polar surface area (TPSA) is 85.5 Å². The summed E-state index contributed by atoms with van der Waals surface area (Å²) in [6, 6.07) is 3.14. The van der Waals surface area contributed by atoms with Gasteiger partial charge in [0.25, 0.3) is 10.0 Å². The Labute approximate surface area is 100 Å². The van der Waals surface area contributed by atoms with Gasteiger partial charge in [-0.15, -0.1) is 0 Å². The highest BCUT2D eigenvalue weighted by Gasteiger charge is 2.31. The zero-order valence-corrected chi connectivity index (χ0v) is 10.4. The Hall–Kier alpha value is -1.18. The third-order valence-electron chi connectivity index (χ3n) is 2.59. The zero-order chi connectivity index (χ0) is 12.5. The van der Waals surface area contributed by atoms with Crippen LogP contribution in [0.1, 0.15) is 6.92 Å². The van der Waals surface area contributed by atoms with Gasteiger partial charge >= 0.3 is 0 Å². The first kappa shape index (κ1) is 12.3. The van der Waals surface area contributed by atoms with Gasteiger partial charge in [-0.1, -0.05) is 0 Å². The Bertz CT molecular complexity index is 503. The lowest BCUT2D eigenvalue weighted by atomic mass is 10.3. The van der Waals surface area contributed by atoms with Crippen molar-refractivity contribution in [1.82, 2.24) is 9.29 Å². The summed E-state index contributed by atoms with van der Waals surface area (Å²) >= 11 is 0. The lowest BCUT2D eigenvalue weighted by Gasteiger charge is -2.30. The molecule has 7 heteroatoms. The van der Waals surface area contributed by atoms with Crippen molar-refractivity contribution < 1.29 is 13.2 Å². The van der Waals surface area contributed by atoms with Crippen molar-refractivity contribution in [3.05, 3.63) is 18.3 Å². The lowest BCUT2D eigenvalue weighted by Crippen LogP contribution is -2.44. The Kier molecular flexibility index (Phi) is 3.32. The number of sulfonamides is 1. The van der Waals surface area contributed by atoms with Gasteiger partial charge in [0.05, 0.1) is 18.4 Å². The van der Waals surface area contributed by atoms with Crippen molar-refractivity contribution in [2.75, 3.05) is 25.4 Å². The molecule has 0 radical (unpaired) electrons. The fraction of sp³-hybridized carbons (Fsp3) is 0.500. The first-order chi connectivity index (χ1) is 8.01. The Morgan fingerprint density at radius 1 is 1.59 bits per heavy atom. The number of pyridine rings is 1. The summed E-state index contributed by atoms with van der Waals surface area (Å²) in [5, 5.41) is -0.0749. The molecule has 1 saturated heterocycles. The van der Waals surface area contributed by atoms with Crippen molar-refractivity contribution in [1.29, 1.82) is 0 Å². The summed E-state index contributed by atoms with van der Waals surface area (Å²) in [6.07, 6.45) is 1.32. The summed E-state index contributed by atoms with van der Waals surface area (Å²) in [4.78, 5) is 3.85. The third-order valence-corrected chi connectivity index (χ3v) is 4.43. The van der Waals surface area contributed by atoms with E-state index < -0.39 is 10.0 Å². The molecule has 0 aromatic carbocycles. The van der Waals surface area contributed by atoms with E-state index in [2.05, 4.69) is 4.98 Å². The van der Waals surface area contributed by atoms with Crippen molar-refractivity contribution in [2.24, 2.45) is 0 Å². The normalized spacial score (nSPS) is 22.5. The van der Waals surface area contributed by atoms with E-state index in [4.69, 9.17) is 10.5 Å². The largest absolute Gasteiger partial charge is 0.396 e. The first-order valence-corrected chi connectivity index (χ1v) is 6.78. The van der Waals surface area contributed by atoms with E-state index in [9.17, 15) is 8.42 Å². The second-order valence-corrected chi connectivity index (χ2v) is 5.80. The number of morpholine rings is 1. The van der Waals surface area contributed by atoms with Crippen LogP contribution in [0.15, 0.2) is 23.4 Å². The highest BCUT2D eigenvalue weighted by molar-refractivity contribution is 7.89. The molecule has 17 heavy (non-hydrogen) atoms. The Morgan fingerprint density at radius 2 is 2.35 bits per heavy atom. The number of aromatic nitrogens is 1. The minimum absolute atomic E-state index is 0.0749. The summed E-state index contributed by atoms with van der Waals surface area (Å²) in [5.74, 6) is 0. The van der Waals surface area contributed by atoms with Crippen LogP contribution in [0.4, 0.5) is 5.69 Å². The fourth-order valence-corrected chi connectivity index (χ4v) is 3.27. The highest BCUT2D eigenvalue weighted by Crippen LogP contribution is 2.21. The zero-order valence-electron chi connectivity index (χ0n) is 9.54.